The lowest BCUT2D eigenvalue weighted by Crippen LogP contribution is -2.20. The molecule has 94 valence electrons. The molecule has 0 saturated carbocycles. The second kappa shape index (κ2) is 5.18. The molecule has 0 heterocycles. The molecule has 0 saturated heterocycles. The highest BCUT2D eigenvalue weighted by molar-refractivity contribution is 5.89. The number of esters is 1. The SMILES string of the molecule is COC(=O)c1ccc([C@H](N)CC(F)(F)F)cc1. The van der Waals surface area contributed by atoms with Gasteiger partial charge in [-0.25, -0.2) is 4.79 Å². The van der Waals surface area contributed by atoms with Crippen LogP contribution >= 0.6 is 0 Å². The van der Waals surface area contributed by atoms with Gasteiger partial charge < -0.3 is 10.5 Å². The molecule has 0 radical (unpaired) electrons. The third-order valence-electron chi connectivity index (χ3n) is 2.21. The van der Waals surface area contributed by atoms with Gasteiger partial charge in [0.25, 0.3) is 0 Å². The van der Waals surface area contributed by atoms with Crippen molar-refractivity contribution in [3.8, 4) is 0 Å². The zero-order valence-electron chi connectivity index (χ0n) is 9.12. The van der Waals surface area contributed by atoms with Gasteiger partial charge in [-0.05, 0) is 17.7 Å². The maximum atomic E-state index is 12.1. The van der Waals surface area contributed by atoms with E-state index in [2.05, 4.69) is 4.74 Å². The molecule has 0 aliphatic heterocycles. The monoisotopic (exact) mass is 247 g/mol. The fourth-order valence-electron chi connectivity index (χ4n) is 1.35. The van der Waals surface area contributed by atoms with Crippen LogP contribution in [0.2, 0.25) is 0 Å². The molecule has 1 atom stereocenters. The Labute approximate surface area is 96.4 Å². The summed E-state index contributed by atoms with van der Waals surface area (Å²) in [7, 11) is 1.23. The number of nitrogens with two attached hydrogens (primary N) is 1. The van der Waals surface area contributed by atoms with E-state index in [1.165, 1.54) is 31.4 Å². The number of benzene rings is 1. The molecule has 3 nitrogen and oxygen atoms in total. The molecule has 17 heavy (non-hydrogen) atoms. The van der Waals surface area contributed by atoms with Crippen LogP contribution in [0.1, 0.15) is 28.4 Å². The van der Waals surface area contributed by atoms with Gasteiger partial charge in [0.1, 0.15) is 0 Å². The highest BCUT2D eigenvalue weighted by Crippen LogP contribution is 2.27. The van der Waals surface area contributed by atoms with E-state index >= 15 is 0 Å². The zero-order chi connectivity index (χ0) is 13.1. The summed E-state index contributed by atoms with van der Waals surface area (Å²) < 4.78 is 40.8. The van der Waals surface area contributed by atoms with Crippen LogP contribution in [-0.2, 0) is 4.74 Å². The van der Waals surface area contributed by atoms with Gasteiger partial charge >= 0.3 is 12.1 Å². The first-order chi connectivity index (χ1) is 7.83. The van der Waals surface area contributed by atoms with Crippen molar-refractivity contribution >= 4 is 5.97 Å². The third kappa shape index (κ3) is 4.07. The second-order valence-corrected chi connectivity index (χ2v) is 3.54. The summed E-state index contributed by atoms with van der Waals surface area (Å²) in [4.78, 5) is 11.1. The molecular formula is C11H12F3NO2. The van der Waals surface area contributed by atoms with Crippen molar-refractivity contribution in [1.82, 2.24) is 0 Å². The number of methoxy groups -OCH3 is 1. The van der Waals surface area contributed by atoms with E-state index in [-0.39, 0.29) is 5.56 Å². The number of hydrogen-bond acceptors (Lipinski definition) is 3. The molecule has 1 aromatic carbocycles. The number of hydrogen-bond donors (Lipinski definition) is 1. The van der Waals surface area contributed by atoms with Crippen LogP contribution in [0.25, 0.3) is 0 Å². The van der Waals surface area contributed by atoms with E-state index in [4.69, 9.17) is 5.73 Å². The predicted octanol–water partition coefficient (Wildman–Crippen LogP) is 2.43. The molecular weight excluding hydrogens is 235 g/mol. The van der Waals surface area contributed by atoms with Crippen molar-refractivity contribution in [2.45, 2.75) is 18.6 Å². The van der Waals surface area contributed by atoms with E-state index in [1.807, 2.05) is 0 Å². The topological polar surface area (TPSA) is 52.3 Å². The molecule has 0 aromatic heterocycles. The number of alkyl halides is 3. The molecule has 6 heteroatoms. The van der Waals surface area contributed by atoms with Gasteiger partial charge in [0, 0.05) is 6.04 Å². The summed E-state index contributed by atoms with van der Waals surface area (Å²) in [6, 6.07) is 4.43. The highest BCUT2D eigenvalue weighted by Gasteiger charge is 2.30. The molecule has 0 spiro atoms. The average Bonchev–Trinajstić information content (AvgIpc) is 2.26. The number of rotatable bonds is 3. The molecule has 1 rings (SSSR count). The van der Waals surface area contributed by atoms with Crippen molar-refractivity contribution in [3.05, 3.63) is 35.4 Å². The largest absolute Gasteiger partial charge is 0.465 e. The summed E-state index contributed by atoms with van der Waals surface area (Å²) in [6.45, 7) is 0. The fraction of sp³-hybridized carbons (Fsp3) is 0.364. The van der Waals surface area contributed by atoms with Crippen LogP contribution in [0.5, 0.6) is 0 Å². The maximum absolute atomic E-state index is 12.1. The van der Waals surface area contributed by atoms with E-state index in [0.717, 1.165) is 0 Å². The molecule has 2 N–H and O–H groups in total. The summed E-state index contributed by atoms with van der Waals surface area (Å²) in [5.74, 6) is -0.541. The normalized spacial score (nSPS) is 13.2. The molecule has 0 fully saturated rings. The first-order valence-corrected chi connectivity index (χ1v) is 4.84. The minimum atomic E-state index is -4.31. The first kappa shape index (κ1) is 13.5. The minimum absolute atomic E-state index is 0.274. The number of carbonyl (C=O) groups excluding carboxylic acids is 1. The van der Waals surface area contributed by atoms with Gasteiger partial charge in [0.05, 0.1) is 19.1 Å². The lowest BCUT2D eigenvalue weighted by Gasteiger charge is -2.14. The van der Waals surface area contributed by atoms with Gasteiger partial charge in [0.15, 0.2) is 0 Å². The standard InChI is InChI=1S/C11H12F3NO2/c1-17-10(16)8-4-2-7(3-5-8)9(15)6-11(12,13)14/h2-5,9H,6,15H2,1H3/t9-/m1/s1. The summed E-state index contributed by atoms with van der Waals surface area (Å²) in [5.41, 5.74) is 6.01. The van der Waals surface area contributed by atoms with E-state index < -0.39 is 24.6 Å². The Balaban J connectivity index is 2.77. The smallest absolute Gasteiger partial charge is 0.390 e. The fourth-order valence-corrected chi connectivity index (χ4v) is 1.35. The summed E-state index contributed by atoms with van der Waals surface area (Å²) in [5, 5.41) is 0. The van der Waals surface area contributed by atoms with Crippen molar-refractivity contribution in [1.29, 1.82) is 0 Å². The van der Waals surface area contributed by atoms with Crippen LogP contribution in [0, 0.1) is 0 Å². The molecule has 1 aromatic rings. The average molecular weight is 247 g/mol. The molecule has 0 aliphatic carbocycles. The molecule has 0 bridgehead atoms. The van der Waals surface area contributed by atoms with Crippen LogP contribution in [-0.4, -0.2) is 19.3 Å². The Morgan fingerprint density at radius 3 is 2.29 bits per heavy atom. The Morgan fingerprint density at radius 2 is 1.88 bits per heavy atom. The third-order valence-corrected chi connectivity index (χ3v) is 2.21. The van der Waals surface area contributed by atoms with E-state index in [1.54, 1.807) is 0 Å². The van der Waals surface area contributed by atoms with Crippen LogP contribution in [0.15, 0.2) is 24.3 Å². The lowest BCUT2D eigenvalue weighted by molar-refractivity contribution is -0.138. The lowest BCUT2D eigenvalue weighted by atomic mass is 10.0. The van der Waals surface area contributed by atoms with E-state index in [0.29, 0.717) is 5.56 Å². The number of ether oxygens (including phenoxy) is 1. The van der Waals surface area contributed by atoms with Crippen LogP contribution in [0.3, 0.4) is 0 Å². The van der Waals surface area contributed by atoms with Crippen LogP contribution in [0.4, 0.5) is 13.2 Å². The number of carbonyl (C=O) groups is 1. The predicted molar refractivity (Wildman–Crippen MR) is 55.4 cm³/mol. The first-order valence-electron chi connectivity index (χ1n) is 4.84. The maximum Gasteiger partial charge on any atom is 0.390 e. The minimum Gasteiger partial charge on any atom is -0.465 e. The van der Waals surface area contributed by atoms with Gasteiger partial charge in [-0.15, -0.1) is 0 Å². The Hall–Kier alpha value is -1.56. The second-order valence-electron chi connectivity index (χ2n) is 3.54. The van der Waals surface area contributed by atoms with Crippen molar-refractivity contribution in [3.63, 3.8) is 0 Å². The number of halogens is 3. The van der Waals surface area contributed by atoms with Crippen molar-refractivity contribution in [2.24, 2.45) is 5.73 Å². The molecule has 0 amide bonds. The molecule has 0 unspecified atom stereocenters. The zero-order valence-corrected chi connectivity index (χ0v) is 9.12. The van der Waals surface area contributed by atoms with Crippen LogP contribution < -0.4 is 5.73 Å². The van der Waals surface area contributed by atoms with Gasteiger partial charge in [-0.2, -0.15) is 13.2 Å². The quantitative estimate of drug-likeness (QED) is 0.834. The van der Waals surface area contributed by atoms with E-state index in [9.17, 15) is 18.0 Å². The van der Waals surface area contributed by atoms with Gasteiger partial charge in [-0.1, -0.05) is 12.1 Å². The van der Waals surface area contributed by atoms with Gasteiger partial charge in [0.2, 0.25) is 0 Å². The highest BCUT2D eigenvalue weighted by atomic mass is 19.4. The molecule has 0 aliphatic rings. The Kier molecular flexibility index (Phi) is 4.11. The van der Waals surface area contributed by atoms with Gasteiger partial charge in [-0.3, -0.25) is 0 Å². The Bertz CT molecular complexity index is 387. The summed E-state index contributed by atoms with van der Waals surface area (Å²) in [6.07, 6.45) is -5.40. The Morgan fingerprint density at radius 1 is 1.35 bits per heavy atom. The van der Waals surface area contributed by atoms with Crippen molar-refractivity contribution in [2.75, 3.05) is 7.11 Å². The summed E-state index contributed by atoms with van der Waals surface area (Å²) >= 11 is 0. The van der Waals surface area contributed by atoms with Crippen molar-refractivity contribution < 1.29 is 22.7 Å².